The molecule has 0 bridgehead atoms. The molecule has 0 atom stereocenters. The lowest BCUT2D eigenvalue weighted by Crippen LogP contribution is -1.91. The first kappa shape index (κ1) is 28.6. The molecule has 11 nitrogen and oxygen atoms in total. The van der Waals surface area contributed by atoms with Gasteiger partial charge >= 0.3 is 23.5 Å². The average Bonchev–Trinajstić information content (AvgIpc) is 2.41. The maximum atomic E-state index is 10.4. The fourth-order valence-corrected chi connectivity index (χ4v) is 4.42. The minimum absolute atomic E-state index is 0.372. The van der Waals surface area contributed by atoms with Gasteiger partial charge in [-0.2, -0.15) is 8.62 Å². The summed E-state index contributed by atoms with van der Waals surface area (Å²) in [7, 11) is -16.2. The Morgan fingerprint density at radius 1 is 0.615 bits per heavy atom. The van der Waals surface area contributed by atoms with Crippen molar-refractivity contribution in [2.45, 2.75) is 71.1 Å². The van der Waals surface area contributed by atoms with Crippen LogP contribution in [0.4, 0.5) is 0 Å². The van der Waals surface area contributed by atoms with Crippen LogP contribution < -0.4 is 0 Å². The first-order valence-corrected chi connectivity index (χ1v) is 12.9. The Morgan fingerprint density at radius 3 is 1.19 bits per heavy atom. The first-order valence-electron chi connectivity index (χ1n) is 8.30. The van der Waals surface area contributed by atoms with E-state index in [-0.39, 0.29) is 0 Å². The molecule has 0 saturated heterocycles. The van der Waals surface area contributed by atoms with Crippen molar-refractivity contribution in [3.63, 3.8) is 0 Å². The second kappa shape index (κ2) is 15.3. The number of hydrogen-bond donors (Lipinski definition) is 6. The zero-order valence-electron chi connectivity index (χ0n) is 14.8. The molecule has 160 valence electrons. The lowest BCUT2D eigenvalue weighted by Gasteiger charge is -2.11. The van der Waals surface area contributed by atoms with Gasteiger partial charge in [-0.1, -0.05) is 64.7 Å². The Kier molecular flexibility index (Phi) is 16.8. The molecule has 0 aliphatic rings. The van der Waals surface area contributed by atoms with Gasteiger partial charge in [0.05, 0.1) is 0 Å². The Hall–Kier alpha value is 0.370. The van der Waals surface area contributed by atoms with Crippen LogP contribution in [0.5, 0.6) is 0 Å². The molecule has 0 heterocycles. The molecule has 0 radical (unpaired) electrons. The quantitative estimate of drug-likeness (QED) is 0.170. The van der Waals surface area contributed by atoms with Crippen molar-refractivity contribution >= 4 is 23.5 Å². The number of aliphatic hydroxyl groups is 1. The van der Waals surface area contributed by atoms with Gasteiger partial charge < -0.3 is 29.6 Å². The highest BCUT2D eigenvalue weighted by Gasteiger charge is 2.38. The van der Waals surface area contributed by atoms with E-state index >= 15 is 0 Å². The van der Waals surface area contributed by atoms with E-state index in [1.807, 2.05) is 0 Å². The first-order chi connectivity index (χ1) is 11.8. The monoisotopic (exact) mass is 444 g/mol. The zero-order valence-corrected chi connectivity index (χ0v) is 17.5. The van der Waals surface area contributed by atoms with E-state index in [4.69, 9.17) is 29.6 Å². The largest absolute Gasteiger partial charge is 0.490 e. The summed E-state index contributed by atoms with van der Waals surface area (Å²) < 4.78 is 36.4. The molecule has 0 aromatic rings. The van der Waals surface area contributed by atoms with Crippen LogP contribution in [-0.4, -0.2) is 36.2 Å². The summed E-state index contributed by atoms with van der Waals surface area (Å²) in [5.41, 5.74) is 0. The summed E-state index contributed by atoms with van der Waals surface area (Å²) in [5.74, 6) is 0. The number of rotatable bonds is 14. The molecule has 0 aromatic heterocycles. The molecular formula is C12H31O11P3. The topological polar surface area (TPSA) is 191 Å². The summed E-state index contributed by atoms with van der Waals surface area (Å²) >= 11 is 0. The normalized spacial score (nSPS) is 12.6. The molecule has 0 amide bonds. The van der Waals surface area contributed by atoms with Crippen LogP contribution in [0, 0.1) is 0 Å². The van der Waals surface area contributed by atoms with Crippen molar-refractivity contribution in [1.82, 2.24) is 0 Å². The van der Waals surface area contributed by atoms with Crippen LogP contribution in [0.25, 0.3) is 0 Å². The molecule has 0 aliphatic carbocycles. The molecule has 0 aliphatic heterocycles. The minimum atomic E-state index is -5.46. The molecule has 0 rings (SSSR count). The average molecular weight is 444 g/mol. The Bertz CT molecular complexity index is 435. The van der Waals surface area contributed by atoms with Gasteiger partial charge in [-0.25, -0.2) is 13.7 Å². The lowest BCUT2D eigenvalue weighted by atomic mass is 10.1. The van der Waals surface area contributed by atoms with Gasteiger partial charge in [-0.05, 0) is 6.42 Å². The zero-order chi connectivity index (χ0) is 20.7. The van der Waals surface area contributed by atoms with Crippen LogP contribution in [0.3, 0.4) is 0 Å². The summed E-state index contributed by atoms with van der Waals surface area (Å²) in [6.07, 6.45) is 13.3. The predicted octanol–water partition coefficient (Wildman–Crippen LogP) is 3.21. The third kappa shape index (κ3) is 26.6. The van der Waals surface area contributed by atoms with E-state index in [0.717, 1.165) is 6.42 Å². The standard InChI is InChI=1S/C12H26O.H5O10P3/c1-2-3-4-5-6-7-8-9-10-11-12-13;1-11(2,3)9-13(7,8)10-12(4,5)6/h13H,2-12H2,1H3;(H,7,8)(H2,1,2,3)(H2,4,5,6). The molecule has 6 N–H and O–H groups in total. The van der Waals surface area contributed by atoms with Crippen LogP contribution in [0.2, 0.25) is 0 Å². The summed E-state index contributed by atoms with van der Waals surface area (Å²) in [4.78, 5) is 40.2. The van der Waals surface area contributed by atoms with Crippen LogP contribution >= 0.6 is 23.5 Å². The summed E-state index contributed by atoms with van der Waals surface area (Å²) in [5, 5.41) is 8.57. The third-order valence-electron chi connectivity index (χ3n) is 2.93. The fraction of sp³-hybridized carbons (Fsp3) is 1.00. The van der Waals surface area contributed by atoms with Gasteiger partial charge in [0.15, 0.2) is 0 Å². The summed E-state index contributed by atoms with van der Waals surface area (Å²) in [6, 6.07) is 0. The SMILES string of the molecule is CCCCCCCCCCCCO.O=P(O)(O)OP(=O)(O)OP(=O)(O)O. The van der Waals surface area contributed by atoms with Crippen LogP contribution in [0.15, 0.2) is 0 Å². The van der Waals surface area contributed by atoms with Crippen molar-refractivity contribution in [2.75, 3.05) is 6.61 Å². The van der Waals surface area contributed by atoms with E-state index in [1.165, 1.54) is 57.8 Å². The number of hydrogen-bond acceptors (Lipinski definition) is 6. The van der Waals surface area contributed by atoms with Crippen LogP contribution in [-0.2, 0) is 22.3 Å². The van der Waals surface area contributed by atoms with Gasteiger partial charge in [0.2, 0.25) is 0 Å². The molecule has 14 heteroatoms. The highest BCUT2D eigenvalue weighted by atomic mass is 31.3. The summed E-state index contributed by atoms with van der Waals surface area (Å²) in [6.45, 7) is 2.63. The second-order valence-electron chi connectivity index (χ2n) is 5.52. The van der Waals surface area contributed by atoms with Gasteiger partial charge in [0, 0.05) is 6.61 Å². The number of unbranched alkanes of at least 4 members (excludes halogenated alkanes) is 9. The highest BCUT2D eigenvalue weighted by Crippen LogP contribution is 2.64. The third-order valence-corrected chi connectivity index (χ3v) is 6.28. The Morgan fingerprint density at radius 2 is 0.923 bits per heavy atom. The number of aliphatic hydroxyl groups excluding tert-OH is 1. The van der Waals surface area contributed by atoms with Gasteiger partial charge in [-0.3, -0.25) is 0 Å². The van der Waals surface area contributed by atoms with E-state index in [1.54, 1.807) is 0 Å². The maximum Gasteiger partial charge on any atom is 0.490 e. The molecular weight excluding hydrogens is 413 g/mol. The smallest absolute Gasteiger partial charge is 0.396 e. The van der Waals surface area contributed by atoms with Gasteiger partial charge in [0.25, 0.3) is 0 Å². The molecule has 26 heavy (non-hydrogen) atoms. The van der Waals surface area contributed by atoms with E-state index < -0.39 is 23.5 Å². The minimum Gasteiger partial charge on any atom is -0.396 e. The van der Waals surface area contributed by atoms with Crippen molar-refractivity contribution in [2.24, 2.45) is 0 Å². The molecule has 0 spiro atoms. The Balaban J connectivity index is 0. The van der Waals surface area contributed by atoms with Gasteiger partial charge in [0.1, 0.15) is 0 Å². The maximum absolute atomic E-state index is 10.4. The number of phosphoric acid groups is 3. The fourth-order valence-electron chi connectivity index (χ4n) is 1.88. The highest BCUT2D eigenvalue weighted by molar-refractivity contribution is 7.66. The molecule has 0 unspecified atom stereocenters. The van der Waals surface area contributed by atoms with E-state index in [9.17, 15) is 13.7 Å². The molecule has 0 aromatic carbocycles. The Labute approximate surface area is 153 Å². The second-order valence-corrected chi connectivity index (χ2v) is 9.72. The van der Waals surface area contributed by atoms with E-state index in [2.05, 4.69) is 15.5 Å². The predicted molar refractivity (Wildman–Crippen MR) is 95.0 cm³/mol. The van der Waals surface area contributed by atoms with Crippen molar-refractivity contribution in [3.8, 4) is 0 Å². The van der Waals surface area contributed by atoms with Crippen molar-refractivity contribution in [3.05, 3.63) is 0 Å². The molecule has 0 fully saturated rings. The van der Waals surface area contributed by atoms with Crippen LogP contribution in [0.1, 0.15) is 71.1 Å². The molecule has 0 saturated carbocycles. The van der Waals surface area contributed by atoms with Crippen molar-refractivity contribution in [1.29, 1.82) is 0 Å². The van der Waals surface area contributed by atoms with Crippen molar-refractivity contribution < 1.29 is 51.9 Å². The van der Waals surface area contributed by atoms with E-state index in [0.29, 0.717) is 6.61 Å². The lowest BCUT2D eigenvalue weighted by molar-refractivity contribution is 0.204. The van der Waals surface area contributed by atoms with Gasteiger partial charge in [-0.15, -0.1) is 0 Å².